The van der Waals surface area contributed by atoms with Crippen molar-refractivity contribution in [2.75, 3.05) is 12.8 Å². The van der Waals surface area contributed by atoms with Gasteiger partial charge in [0.25, 0.3) is 0 Å². The lowest BCUT2D eigenvalue weighted by Gasteiger charge is -2.02. The van der Waals surface area contributed by atoms with E-state index in [1.165, 1.54) is 24.2 Å². The third kappa shape index (κ3) is 1.58. The number of esters is 1. The topological polar surface area (TPSA) is 95.9 Å². The van der Waals surface area contributed by atoms with Gasteiger partial charge in [-0.3, -0.25) is 4.57 Å². The molecule has 7 nitrogen and oxygen atoms in total. The zero-order chi connectivity index (χ0) is 11.5. The summed E-state index contributed by atoms with van der Waals surface area (Å²) in [4.78, 5) is 15.1. The molecule has 0 saturated heterocycles. The van der Waals surface area contributed by atoms with Gasteiger partial charge < -0.3 is 10.5 Å². The van der Waals surface area contributed by atoms with Crippen LogP contribution in [0.2, 0.25) is 0 Å². The van der Waals surface area contributed by atoms with Gasteiger partial charge in [-0.05, 0) is 12.1 Å². The van der Waals surface area contributed by atoms with E-state index in [9.17, 15) is 4.79 Å². The molecule has 2 heterocycles. The van der Waals surface area contributed by atoms with Crippen LogP contribution in [0.5, 0.6) is 0 Å². The largest absolute Gasteiger partial charge is 0.464 e. The average Bonchev–Trinajstić information content (AvgIpc) is 2.71. The normalized spacial score (nSPS) is 10.1. The molecule has 0 spiro atoms. The molecule has 0 aliphatic heterocycles. The Balaban J connectivity index is 2.45. The second kappa shape index (κ2) is 3.97. The number of hydrogen-bond acceptors (Lipinski definition) is 6. The number of carbonyl (C=O) groups excluding carboxylic acids is 1. The molecule has 0 radical (unpaired) electrons. The average molecular weight is 219 g/mol. The predicted octanol–water partition coefficient (Wildman–Crippen LogP) is 0.0311. The van der Waals surface area contributed by atoms with E-state index < -0.39 is 5.97 Å². The molecule has 2 aromatic heterocycles. The Morgan fingerprint density at radius 3 is 3.00 bits per heavy atom. The van der Waals surface area contributed by atoms with E-state index >= 15 is 0 Å². The first-order valence-corrected chi connectivity index (χ1v) is 4.43. The number of nitrogen functional groups attached to an aromatic ring is 1. The van der Waals surface area contributed by atoms with Gasteiger partial charge in [0.15, 0.2) is 11.5 Å². The second-order valence-corrected chi connectivity index (χ2v) is 2.92. The van der Waals surface area contributed by atoms with Crippen molar-refractivity contribution in [1.82, 2.24) is 19.7 Å². The van der Waals surface area contributed by atoms with Crippen LogP contribution in [0, 0.1) is 0 Å². The highest BCUT2D eigenvalue weighted by Crippen LogP contribution is 2.15. The van der Waals surface area contributed by atoms with Crippen LogP contribution in [0.4, 0.5) is 5.82 Å². The van der Waals surface area contributed by atoms with Gasteiger partial charge in [-0.2, -0.15) is 5.10 Å². The molecular formula is C9H9N5O2. The molecule has 2 N–H and O–H groups in total. The molecule has 82 valence electrons. The summed E-state index contributed by atoms with van der Waals surface area (Å²) in [5, 5.41) is 7.56. The smallest absolute Gasteiger partial charge is 0.360 e. The van der Waals surface area contributed by atoms with Gasteiger partial charge >= 0.3 is 5.97 Å². The van der Waals surface area contributed by atoms with E-state index in [0.717, 1.165) is 0 Å². The summed E-state index contributed by atoms with van der Waals surface area (Å²) in [7, 11) is 1.27. The van der Waals surface area contributed by atoms with Crippen LogP contribution in [0.1, 0.15) is 10.5 Å². The lowest BCUT2D eigenvalue weighted by atomic mass is 10.4. The van der Waals surface area contributed by atoms with Crippen molar-refractivity contribution in [3.8, 4) is 5.82 Å². The zero-order valence-electron chi connectivity index (χ0n) is 8.49. The number of anilines is 1. The van der Waals surface area contributed by atoms with Crippen molar-refractivity contribution in [3.05, 3.63) is 30.4 Å². The van der Waals surface area contributed by atoms with Gasteiger partial charge in [-0.15, -0.1) is 5.10 Å². The Labute approximate surface area is 90.9 Å². The number of hydrogen-bond donors (Lipinski definition) is 1. The van der Waals surface area contributed by atoms with Gasteiger partial charge in [0.05, 0.1) is 7.11 Å². The van der Waals surface area contributed by atoms with Crippen LogP contribution < -0.4 is 5.73 Å². The fourth-order valence-corrected chi connectivity index (χ4v) is 1.22. The van der Waals surface area contributed by atoms with Crippen LogP contribution in [-0.4, -0.2) is 32.8 Å². The summed E-state index contributed by atoms with van der Waals surface area (Å²) < 4.78 is 5.99. The Bertz CT molecular complexity index is 508. The van der Waals surface area contributed by atoms with Crippen molar-refractivity contribution in [2.24, 2.45) is 0 Å². The SMILES string of the molecule is COC(=O)c1ncn(-c2cccnn2)c1N. The highest BCUT2D eigenvalue weighted by Gasteiger charge is 2.17. The highest BCUT2D eigenvalue weighted by molar-refractivity contribution is 5.92. The molecule has 0 unspecified atom stereocenters. The minimum Gasteiger partial charge on any atom is -0.464 e. The van der Waals surface area contributed by atoms with Crippen molar-refractivity contribution >= 4 is 11.8 Å². The molecule has 0 amide bonds. The molecule has 2 aromatic rings. The summed E-state index contributed by atoms with van der Waals surface area (Å²) in [5.74, 6) is 0.0788. The highest BCUT2D eigenvalue weighted by atomic mass is 16.5. The molecule has 16 heavy (non-hydrogen) atoms. The first-order valence-electron chi connectivity index (χ1n) is 4.43. The minimum atomic E-state index is -0.583. The summed E-state index contributed by atoms with van der Waals surface area (Å²) in [6.45, 7) is 0. The summed E-state index contributed by atoms with van der Waals surface area (Å²) >= 11 is 0. The lowest BCUT2D eigenvalue weighted by Crippen LogP contribution is -2.08. The fourth-order valence-electron chi connectivity index (χ4n) is 1.22. The van der Waals surface area contributed by atoms with E-state index in [4.69, 9.17) is 5.73 Å². The number of ether oxygens (including phenoxy) is 1. The Kier molecular flexibility index (Phi) is 2.50. The van der Waals surface area contributed by atoms with Crippen LogP contribution in [0.3, 0.4) is 0 Å². The molecule has 2 rings (SSSR count). The maximum atomic E-state index is 11.3. The molecule has 0 aliphatic carbocycles. The van der Waals surface area contributed by atoms with E-state index in [1.54, 1.807) is 12.1 Å². The van der Waals surface area contributed by atoms with Crippen LogP contribution >= 0.6 is 0 Å². The van der Waals surface area contributed by atoms with Crippen molar-refractivity contribution in [2.45, 2.75) is 0 Å². The zero-order valence-corrected chi connectivity index (χ0v) is 8.49. The van der Waals surface area contributed by atoms with Gasteiger partial charge in [0.2, 0.25) is 0 Å². The van der Waals surface area contributed by atoms with E-state index in [0.29, 0.717) is 5.82 Å². The molecule has 0 atom stereocenters. The quantitative estimate of drug-likeness (QED) is 0.716. The summed E-state index contributed by atoms with van der Waals surface area (Å²) in [6, 6.07) is 3.41. The van der Waals surface area contributed by atoms with Crippen molar-refractivity contribution < 1.29 is 9.53 Å². The Morgan fingerprint density at radius 1 is 1.56 bits per heavy atom. The fraction of sp³-hybridized carbons (Fsp3) is 0.111. The second-order valence-electron chi connectivity index (χ2n) is 2.92. The van der Waals surface area contributed by atoms with Crippen molar-refractivity contribution in [3.63, 3.8) is 0 Å². The maximum absolute atomic E-state index is 11.3. The summed E-state index contributed by atoms with van der Waals surface area (Å²) in [6.07, 6.45) is 2.93. The molecule has 7 heteroatoms. The van der Waals surface area contributed by atoms with E-state index in [-0.39, 0.29) is 11.5 Å². The van der Waals surface area contributed by atoms with Gasteiger partial charge in [0, 0.05) is 6.20 Å². The first-order chi connectivity index (χ1) is 7.74. The number of imidazole rings is 1. The lowest BCUT2D eigenvalue weighted by molar-refractivity contribution is 0.0596. The number of methoxy groups -OCH3 is 1. The molecule has 0 aliphatic rings. The van der Waals surface area contributed by atoms with Crippen LogP contribution in [0.25, 0.3) is 5.82 Å². The predicted molar refractivity (Wildman–Crippen MR) is 54.9 cm³/mol. The van der Waals surface area contributed by atoms with Crippen molar-refractivity contribution in [1.29, 1.82) is 0 Å². The monoisotopic (exact) mass is 219 g/mol. The number of rotatable bonds is 2. The molecular weight excluding hydrogens is 210 g/mol. The third-order valence-corrected chi connectivity index (χ3v) is 1.99. The van der Waals surface area contributed by atoms with Crippen LogP contribution in [-0.2, 0) is 4.74 Å². The van der Waals surface area contributed by atoms with Crippen LogP contribution in [0.15, 0.2) is 24.7 Å². The van der Waals surface area contributed by atoms with Gasteiger partial charge in [-0.1, -0.05) is 0 Å². The molecule has 0 saturated carbocycles. The Morgan fingerprint density at radius 2 is 2.38 bits per heavy atom. The van der Waals surface area contributed by atoms with Gasteiger partial charge in [0.1, 0.15) is 12.1 Å². The molecule has 0 fully saturated rings. The molecule has 0 bridgehead atoms. The first kappa shape index (κ1) is 10.1. The number of aromatic nitrogens is 4. The number of carbonyl (C=O) groups is 1. The number of nitrogens with zero attached hydrogens (tertiary/aromatic N) is 4. The van der Waals surface area contributed by atoms with E-state index in [1.807, 2.05) is 0 Å². The van der Waals surface area contributed by atoms with Gasteiger partial charge in [-0.25, -0.2) is 9.78 Å². The molecule has 0 aromatic carbocycles. The number of nitrogens with two attached hydrogens (primary N) is 1. The third-order valence-electron chi connectivity index (χ3n) is 1.99. The standard InChI is InChI=1S/C9H9N5O2/c1-16-9(15)7-8(10)14(5-11-7)6-3-2-4-12-13-6/h2-5H,10H2,1H3. The minimum absolute atomic E-state index is 0.0631. The summed E-state index contributed by atoms with van der Waals surface area (Å²) in [5.41, 5.74) is 5.81. The Hall–Kier alpha value is -2.44. The maximum Gasteiger partial charge on any atom is 0.360 e. The van der Waals surface area contributed by atoms with E-state index in [2.05, 4.69) is 19.9 Å².